The van der Waals surface area contributed by atoms with E-state index in [-0.39, 0.29) is 5.82 Å². The average molecular weight is 130 g/mol. The molecule has 0 spiro atoms. The Bertz CT molecular complexity index is 140. The summed E-state index contributed by atoms with van der Waals surface area (Å²) in [6, 6.07) is 0. The van der Waals surface area contributed by atoms with Crippen LogP contribution in [0.5, 0.6) is 0 Å². The Morgan fingerprint density at radius 1 is 1.67 bits per heavy atom. The average Bonchev–Trinajstić information content (AvgIpc) is 1.63. The zero-order chi connectivity index (χ0) is 7.44. The molecule has 0 aliphatic rings. The van der Waals surface area contributed by atoms with Gasteiger partial charge in [0.1, 0.15) is 5.82 Å². The van der Waals surface area contributed by atoms with Crippen LogP contribution in [0, 0.1) is 0 Å². The van der Waals surface area contributed by atoms with Crippen molar-refractivity contribution in [2.75, 3.05) is 14.1 Å². The SMILES string of the molecule is CN(C)C(N)=CC(=O)O. The molecule has 0 heterocycles. The van der Waals surface area contributed by atoms with E-state index < -0.39 is 5.97 Å². The maximum absolute atomic E-state index is 9.93. The lowest BCUT2D eigenvalue weighted by molar-refractivity contribution is -0.131. The van der Waals surface area contributed by atoms with Crippen LogP contribution in [0.3, 0.4) is 0 Å². The predicted octanol–water partition coefficient (Wildman–Crippen LogP) is -0.567. The summed E-state index contributed by atoms with van der Waals surface area (Å²) in [5, 5.41) is 8.15. The summed E-state index contributed by atoms with van der Waals surface area (Å²) < 4.78 is 0. The van der Waals surface area contributed by atoms with Crippen LogP contribution >= 0.6 is 0 Å². The van der Waals surface area contributed by atoms with Gasteiger partial charge in [-0.3, -0.25) is 0 Å². The van der Waals surface area contributed by atoms with E-state index in [1.807, 2.05) is 0 Å². The molecule has 0 radical (unpaired) electrons. The lowest BCUT2D eigenvalue weighted by Crippen LogP contribution is -2.19. The Morgan fingerprint density at radius 3 is 2.22 bits per heavy atom. The summed E-state index contributed by atoms with van der Waals surface area (Å²) in [5.41, 5.74) is 5.22. The van der Waals surface area contributed by atoms with Crippen LogP contribution in [0.25, 0.3) is 0 Å². The molecule has 0 aliphatic carbocycles. The van der Waals surface area contributed by atoms with Crippen LogP contribution in [0.4, 0.5) is 0 Å². The highest BCUT2D eigenvalue weighted by Crippen LogP contribution is 1.85. The van der Waals surface area contributed by atoms with E-state index >= 15 is 0 Å². The van der Waals surface area contributed by atoms with Gasteiger partial charge in [-0.15, -0.1) is 0 Å². The molecule has 0 aliphatic heterocycles. The van der Waals surface area contributed by atoms with Gasteiger partial charge in [0, 0.05) is 14.1 Å². The molecule has 0 fully saturated rings. The molecule has 0 rings (SSSR count). The molecule has 3 N–H and O–H groups in total. The van der Waals surface area contributed by atoms with Crippen molar-refractivity contribution < 1.29 is 9.90 Å². The lowest BCUT2D eigenvalue weighted by Gasteiger charge is -2.09. The highest BCUT2D eigenvalue weighted by molar-refractivity contribution is 5.80. The third-order valence-corrected chi connectivity index (χ3v) is 0.788. The third kappa shape index (κ3) is 3.40. The fraction of sp³-hybridized carbons (Fsp3) is 0.400. The smallest absolute Gasteiger partial charge is 0.331 e. The second-order valence-corrected chi connectivity index (χ2v) is 1.80. The van der Waals surface area contributed by atoms with Gasteiger partial charge in [-0.2, -0.15) is 0 Å². The van der Waals surface area contributed by atoms with Crippen molar-refractivity contribution in [3.63, 3.8) is 0 Å². The maximum Gasteiger partial charge on any atom is 0.331 e. The van der Waals surface area contributed by atoms with Crippen LogP contribution in [-0.2, 0) is 4.79 Å². The topological polar surface area (TPSA) is 66.6 Å². The Labute approximate surface area is 53.6 Å². The van der Waals surface area contributed by atoms with E-state index in [2.05, 4.69) is 0 Å². The van der Waals surface area contributed by atoms with Crippen molar-refractivity contribution in [3.8, 4) is 0 Å². The van der Waals surface area contributed by atoms with Gasteiger partial charge in [0.05, 0.1) is 6.08 Å². The first-order valence-corrected chi connectivity index (χ1v) is 2.41. The summed E-state index contributed by atoms with van der Waals surface area (Å²) >= 11 is 0. The molecular formula is C5H10N2O2. The number of carbonyl (C=O) groups is 1. The zero-order valence-electron chi connectivity index (χ0n) is 5.46. The first-order valence-electron chi connectivity index (χ1n) is 2.41. The second kappa shape index (κ2) is 2.96. The van der Waals surface area contributed by atoms with Crippen LogP contribution in [0.15, 0.2) is 11.9 Å². The zero-order valence-corrected chi connectivity index (χ0v) is 5.46. The number of aliphatic carboxylic acids is 1. The minimum absolute atomic E-state index is 0.238. The minimum atomic E-state index is -1.03. The molecule has 4 heteroatoms. The van der Waals surface area contributed by atoms with E-state index in [1.54, 1.807) is 14.1 Å². The fourth-order valence-corrected chi connectivity index (χ4v) is 0.256. The Hall–Kier alpha value is -1.19. The molecular weight excluding hydrogens is 120 g/mol. The largest absolute Gasteiger partial charge is 0.478 e. The van der Waals surface area contributed by atoms with Crippen molar-refractivity contribution in [3.05, 3.63) is 11.9 Å². The Kier molecular flexibility index (Phi) is 2.57. The van der Waals surface area contributed by atoms with Crippen molar-refractivity contribution in [2.45, 2.75) is 0 Å². The van der Waals surface area contributed by atoms with Crippen molar-refractivity contribution in [2.24, 2.45) is 5.73 Å². The monoisotopic (exact) mass is 130 g/mol. The number of rotatable bonds is 2. The molecule has 0 saturated carbocycles. The molecule has 0 saturated heterocycles. The highest BCUT2D eigenvalue weighted by Gasteiger charge is 1.94. The molecule has 0 aromatic carbocycles. The third-order valence-electron chi connectivity index (χ3n) is 0.788. The summed E-state index contributed by atoms with van der Waals surface area (Å²) in [5.74, 6) is -0.788. The van der Waals surface area contributed by atoms with Gasteiger partial charge in [-0.1, -0.05) is 0 Å². The van der Waals surface area contributed by atoms with E-state index in [0.29, 0.717) is 0 Å². The van der Waals surface area contributed by atoms with Crippen LogP contribution in [-0.4, -0.2) is 30.1 Å². The van der Waals surface area contributed by atoms with Gasteiger partial charge in [-0.25, -0.2) is 4.79 Å². The van der Waals surface area contributed by atoms with Gasteiger partial charge in [0.25, 0.3) is 0 Å². The molecule has 0 aromatic heterocycles. The predicted molar refractivity (Wildman–Crippen MR) is 33.6 cm³/mol. The van der Waals surface area contributed by atoms with Gasteiger partial charge < -0.3 is 15.7 Å². The summed E-state index contributed by atoms with van der Waals surface area (Å²) in [4.78, 5) is 11.5. The number of nitrogens with zero attached hydrogens (tertiary/aromatic N) is 1. The van der Waals surface area contributed by atoms with Crippen LogP contribution in [0.1, 0.15) is 0 Å². The standard InChI is InChI=1S/C5H10N2O2/c1-7(2)4(6)3-5(8)9/h3H,6H2,1-2H3,(H,8,9). The fourth-order valence-electron chi connectivity index (χ4n) is 0.256. The van der Waals surface area contributed by atoms with Crippen molar-refractivity contribution >= 4 is 5.97 Å². The van der Waals surface area contributed by atoms with Crippen molar-refractivity contribution in [1.82, 2.24) is 4.90 Å². The number of carboxylic acid groups (broad SMARTS) is 1. The number of hydrogen-bond acceptors (Lipinski definition) is 3. The summed E-state index contributed by atoms with van der Waals surface area (Å²) in [6.45, 7) is 0. The molecule has 9 heavy (non-hydrogen) atoms. The molecule has 0 aromatic rings. The van der Waals surface area contributed by atoms with E-state index in [0.717, 1.165) is 6.08 Å². The molecule has 0 amide bonds. The second-order valence-electron chi connectivity index (χ2n) is 1.80. The lowest BCUT2D eigenvalue weighted by atomic mass is 10.5. The number of carboxylic acids is 1. The molecule has 0 bridgehead atoms. The molecule has 52 valence electrons. The van der Waals surface area contributed by atoms with Gasteiger partial charge in [-0.05, 0) is 0 Å². The van der Waals surface area contributed by atoms with E-state index in [1.165, 1.54) is 4.90 Å². The normalized spacial score (nSPS) is 11.1. The van der Waals surface area contributed by atoms with Crippen LogP contribution < -0.4 is 5.73 Å². The number of hydrogen-bond donors (Lipinski definition) is 2. The van der Waals surface area contributed by atoms with Gasteiger partial charge in [0.2, 0.25) is 0 Å². The summed E-state index contributed by atoms with van der Waals surface area (Å²) in [7, 11) is 3.35. The Morgan fingerprint density at radius 2 is 2.11 bits per heavy atom. The molecule has 0 unspecified atom stereocenters. The van der Waals surface area contributed by atoms with Gasteiger partial charge in [0.15, 0.2) is 0 Å². The van der Waals surface area contributed by atoms with E-state index in [9.17, 15) is 4.79 Å². The van der Waals surface area contributed by atoms with E-state index in [4.69, 9.17) is 10.8 Å². The minimum Gasteiger partial charge on any atom is -0.478 e. The Balaban J connectivity index is 4.00. The molecule has 0 atom stereocenters. The number of nitrogens with two attached hydrogens (primary N) is 1. The van der Waals surface area contributed by atoms with Crippen LogP contribution in [0.2, 0.25) is 0 Å². The van der Waals surface area contributed by atoms with Gasteiger partial charge >= 0.3 is 5.97 Å². The first kappa shape index (κ1) is 7.81. The quantitative estimate of drug-likeness (QED) is 0.491. The molecule has 4 nitrogen and oxygen atoms in total. The maximum atomic E-state index is 9.93. The highest BCUT2D eigenvalue weighted by atomic mass is 16.4. The van der Waals surface area contributed by atoms with Crippen molar-refractivity contribution in [1.29, 1.82) is 0 Å². The first-order chi connectivity index (χ1) is 4.04. The summed E-state index contributed by atoms with van der Waals surface area (Å²) in [6.07, 6.45) is 0.944.